The maximum absolute atomic E-state index is 12.4. The Kier molecular flexibility index (Phi) is 7.47. The van der Waals surface area contributed by atoms with E-state index in [2.05, 4.69) is 10.2 Å². The van der Waals surface area contributed by atoms with Crippen LogP contribution in [-0.4, -0.2) is 85.0 Å². The first-order valence-corrected chi connectivity index (χ1v) is 9.54. The van der Waals surface area contributed by atoms with Gasteiger partial charge in [0.2, 0.25) is 17.7 Å². The van der Waals surface area contributed by atoms with Crippen LogP contribution in [0.2, 0.25) is 0 Å². The number of carbonyl (C=O) groups is 3. The summed E-state index contributed by atoms with van der Waals surface area (Å²) in [5, 5.41) is 2.72. The van der Waals surface area contributed by atoms with E-state index in [9.17, 15) is 14.4 Å². The van der Waals surface area contributed by atoms with Crippen LogP contribution in [0.3, 0.4) is 0 Å². The number of anilines is 1. The highest BCUT2D eigenvalue weighted by atomic mass is 32.2. The van der Waals surface area contributed by atoms with Crippen LogP contribution < -0.4 is 5.32 Å². The SMILES string of the molecule is CC(=O)Nc1ccc(SCC(=O)N2CCN(CC(=O)N(C)C)CC2)cc1. The van der Waals surface area contributed by atoms with E-state index < -0.39 is 0 Å². The Morgan fingerprint density at radius 2 is 1.69 bits per heavy atom. The summed E-state index contributed by atoms with van der Waals surface area (Å²) < 4.78 is 0. The minimum absolute atomic E-state index is 0.0861. The Morgan fingerprint density at radius 3 is 2.23 bits per heavy atom. The number of carbonyl (C=O) groups excluding carboxylic acids is 3. The van der Waals surface area contributed by atoms with Gasteiger partial charge in [0.1, 0.15) is 0 Å². The summed E-state index contributed by atoms with van der Waals surface area (Å²) in [6, 6.07) is 7.45. The summed E-state index contributed by atoms with van der Waals surface area (Å²) in [4.78, 5) is 41.7. The minimum atomic E-state index is -0.105. The van der Waals surface area contributed by atoms with E-state index in [0.29, 0.717) is 25.4 Å². The molecule has 0 saturated carbocycles. The van der Waals surface area contributed by atoms with E-state index in [0.717, 1.165) is 23.7 Å². The van der Waals surface area contributed by atoms with Crippen molar-refractivity contribution in [1.82, 2.24) is 14.7 Å². The number of thioether (sulfide) groups is 1. The lowest BCUT2D eigenvalue weighted by atomic mass is 10.3. The largest absolute Gasteiger partial charge is 0.348 e. The average molecular weight is 378 g/mol. The maximum atomic E-state index is 12.4. The summed E-state index contributed by atoms with van der Waals surface area (Å²) in [5.74, 6) is 0.477. The fourth-order valence-corrected chi connectivity index (χ4v) is 3.36. The Morgan fingerprint density at radius 1 is 1.08 bits per heavy atom. The first kappa shape index (κ1) is 20.3. The van der Waals surface area contributed by atoms with E-state index in [-0.39, 0.29) is 17.7 Å². The van der Waals surface area contributed by atoms with Crippen molar-refractivity contribution in [2.45, 2.75) is 11.8 Å². The molecule has 8 heteroatoms. The van der Waals surface area contributed by atoms with Gasteiger partial charge in [0.25, 0.3) is 0 Å². The molecule has 7 nitrogen and oxygen atoms in total. The summed E-state index contributed by atoms with van der Waals surface area (Å²) >= 11 is 1.49. The quantitative estimate of drug-likeness (QED) is 0.747. The highest BCUT2D eigenvalue weighted by Gasteiger charge is 2.22. The van der Waals surface area contributed by atoms with Crippen molar-refractivity contribution < 1.29 is 14.4 Å². The number of hydrogen-bond acceptors (Lipinski definition) is 5. The van der Waals surface area contributed by atoms with Crippen LogP contribution in [0.5, 0.6) is 0 Å². The van der Waals surface area contributed by atoms with Crippen LogP contribution in [0.1, 0.15) is 6.92 Å². The molecule has 0 atom stereocenters. The van der Waals surface area contributed by atoms with E-state index in [1.54, 1.807) is 19.0 Å². The van der Waals surface area contributed by atoms with Crippen LogP contribution >= 0.6 is 11.8 Å². The van der Waals surface area contributed by atoms with E-state index in [4.69, 9.17) is 0 Å². The smallest absolute Gasteiger partial charge is 0.236 e. The third kappa shape index (κ3) is 6.34. The van der Waals surface area contributed by atoms with Crippen molar-refractivity contribution in [3.8, 4) is 0 Å². The standard InChI is InChI=1S/C18H26N4O3S/c1-14(23)19-15-4-6-16(7-5-15)26-13-18(25)22-10-8-21(9-11-22)12-17(24)20(2)3/h4-7H,8-13H2,1-3H3,(H,19,23). The molecule has 26 heavy (non-hydrogen) atoms. The second kappa shape index (κ2) is 9.59. The van der Waals surface area contributed by atoms with Crippen LogP contribution in [0, 0.1) is 0 Å². The Labute approximate surface area is 158 Å². The summed E-state index contributed by atoms with van der Waals surface area (Å²) in [5.41, 5.74) is 0.747. The van der Waals surface area contributed by atoms with Crippen LogP contribution in [0.25, 0.3) is 0 Å². The van der Waals surface area contributed by atoms with Gasteiger partial charge < -0.3 is 15.1 Å². The predicted molar refractivity (Wildman–Crippen MR) is 103 cm³/mol. The molecule has 1 aliphatic rings. The number of hydrogen-bond donors (Lipinski definition) is 1. The molecule has 1 saturated heterocycles. The number of benzene rings is 1. The number of nitrogens with one attached hydrogen (secondary N) is 1. The Bertz CT molecular complexity index is 640. The second-order valence-electron chi connectivity index (χ2n) is 6.44. The summed E-state index contributed by atoms with van der Waals surface area (Å²) in [6.45, 7) is 4.63. The van der Waals surface area contributed by atoms with Gasteiger partial charge in [-0.3, -0.25) is 19.3 Å². The van der Waals surface area contributed by atoms with Crippen molar-refractivity contribution >= 4 is 35.2 Å². The Hall–Kier alpha value is -2.06. The van der Waals surface area contributed by atoms with Crippen molar-refractivity contribution in [1.29, 1.82) is 0 Å². The number of likely N-dealkylation sites (N-methyl/N-ethyl adjacent to an activating group) is 1. The van der Waals surface area contributed by atoms with Gasteiger partial charge in [-0.05, 0) is 24.3 Å². The van der Waals surface area contributed by atoms with E-state index in [1.165, 1.54) is 18.7 Å². The third-order valence-corrected chi connectivity index (χ3v) is 5.12. The van der Waals surface area contributed by atoms with E-state index in [1.807, 2.05) is 29.2 Å². The summed E-state index contributed by atoms with van der Waals surface area (Å²) in [6.07, 6.45) is 0. The van der Waals surface area contributed by atoms with Gasteiger partial charge in [-0.2, -0.15) is 0 Å². The molecule has 0 radical (unpaired) electrons. The first-order chi connectivity index (χ1) is 12.3. The lowest BCUT2D eigenvalue weighted by molar-refractivity contribution is -0.132. The van der Waals surface area contributed by atoms with Crippen molar-refractivity contribution in [3.63, 3.8) is 0 Å². The number of nitrogens with zero attached hydrogens (tertiary/aromatic N) is 3. The van der Waals surface area contributed by atoms with E-state index >= 15 is 0 Å². The van der Waals surface area contributed by atoms with Gasteiger partial charge in [-0.1, -0.05) is 0 Å². The van der Waals surface area contributed by atoms with Crippen molar-refractivity contribution in [2.75, 3.05) is 57.9 Å². The highest BCUT2D eigenvalue weighted by Crippen LogP contribution is 2.21. The predicted octanol–water partition coefficient (Wildman–Crippen LogP) is 0.970. The molecule has 142 valence electrons. The highest BCUT2D eigenvalue weighted by molar-refractivity contribution is 8.00. The zero-order valence-corrected chi connectivity index (χ0v) is 16.3. The molecule has 0 unspecified atom stereocenters. The fraction of sp³-hybridized carbons (Fsp3) is 0.500. The molecule has 3 amide bonds. The minimum Gasteiger partial charge on any atom is -0.348 e. The molecule has 1 aromatic rings. The molecule has 1 aromatic carbocycles. The molecule has 1 N–H and O–H groups in total. The van der Waals surface area contributed by atoms with Gasteiger partial charge in [-0.25, -0.2) is 0 Å². The number of piperazine rings is 1. The van der Waals surface area contributed by atoms with Gasteiger partial charge in [0.15, 0.2) is 0 Å². The molecular formula is C18H26N4O3S. The molecular weight excluding hydrogens is 352 g/mol. The van der Waals surface area contributed by atoms with Crippen LogP contribution in [0.4, 0.5) is 5.69 Å². The number of rotatable bonds is 6. The molecule has 0 bridgehead atoms. The van der Waals surface area contributed by atoms with Crippen molar-refractivity contribution in [3.05, 3.63) is 24.3 Å². The number of amides is 3. The summed E-state index contributed by atoms with van der Waals surface area (Å²) in [7, 11) is 3.50. The molecule has 0 aromatic heterocycles. The van der Waals surface area contributed by atoms with Crippen LogP contribution in [-0.2, 0) is 14.4 Å². The lowest BCUT2D eigenvalue weighted by Crippen LogP contribution is -2.51. The van der Waals surface area contributed by atoms with Gasteiger partial charge in [-0.15, -0.1) is 11.8 Å². The first-order valence-electron chi connectivity index (χ1n) is 8.56. The van der Waals surface area contributed by atoms with Crippen molar-refractivity contribution in [2.24, 2.45) is 0 Å². The second-order valence-corrected chi connectivity index (χ2v) is 7.49. The van der Waals surface area contributed by atoms with Gasteiger partial charge in [0.05, 0.1) is 12.3 Å². The molecule has 1 heterocycles. The average Bonchev–Trinajstić information content (AvgIpc) is 2.61. The van der Waals surface area contributed by atoms with Gasteiger partial charge >= 0.3 is 0 Å². The molecule has 2 rings (SSSR count). The zero-order valence-electron chi connectivity index (χ0n) is 15.5. The molecule has 0 spiro atoms. The molecule has 1 aliphatic heterocycles. The fourth-order valence-electron chi connectivity index (χ4n) is 2.56. The lowest BCUT2D eigenvalue weighted by Gasteiger charge is -2.34. The zero-order chi connectivity index (χ0) is 19.1. The Balaban J connectivity index is 1.73. The maximum Gasteiger partial charge on any atom is 0.236 e. The molecule has 0 aliphatic carbocycles. The normalized spacial score (nSPS) is 14.8. The topological polar surface area (TPSA) is 73.0 Å². The monoisotopic (exact) mass is 378 g/mol. The van der Waals surface area contributed by atoms with Gasteiger partial charge in [0, 0.05) is 57.8 Å². The van der Waals surface area contributed by atoms with Crippen LogP contribution in [0.15, 0.2) is 29.2 Å². The third-order valence-electron chi connectivity index (χ3n) is 4.12. The molecule has 1 fully saturated rings.